The molecule has 0 unspecified atom stereocenters. The minimum atomic E-state index is -0.581. The minimum absolute atomic E-state index is 0.0923. The van der Waals surface area contributed by atoms with Crippen LogP contribution in [-0.4, -0.2) is 17.9 Å². The Morgan fingerprint density at radius 1 is 0.917 bits per heavy atom. The zero-order valence-electron chi connectivity index (χ0n) is 13.4. The van der Waals surface area contributed by atoms with Gasteiger partial charge in [-0.25, -0.2) is 0 Å². The van der Waals surface area contributed by atoms with E-state index in [-0.39, 0.29) is 21.7 Å². The number of esters is 1. The summed E-state index contributed by atoms with van der Waals surface area (Å²) < 4.78 is 4.66. The maximum absolute atomic E-state index is 12.7. The quantitative estimate of drug-likeness (QED) is 0.323. The number of amides is 1. The van der Waals surface area contributed by atoms with Gasteiger partial charge in [-0.1, -0.05) is 61.0 Å². The maximum Gasteiger partial charge on any atom is 0.316 e. The highest BCUT2D eigenvalue weighted by molar-refractivity contribution is 6.59. The molecule has 0 bridgehead atoms. The predicted molar refractivity (Wildman–Crippen MR) is 95.7 cm³/mol. The summed E-state index contributed by atoms with van der Waals surface area (Å²) in [4.78, 5) is 25.0. The fraction of sp³-hybridized carbons (Fsp3) is 0.647. The smallest absolute Gasteiger partial charge is 0.316 e. The first kappa shape index (κ1) is 19.6. The van der Waals surface area contributed by atoms with Gasteiger partial charge in [-0.15, -0.1) is 0 Å². The lowest BCUT2D eigenvalue weighted by Gasteiger charge is -2.27. The third kappa shape index (κ3) is 5.68. The second kappa shape index (κ2) is 9.69. The van der Waals surface area contributed by atoms with Crippen molar-refractivity contribution in [1.82, 2.24) is 5.32 Å². The molecule has 2 aliphatic rings. The van der Waals surface area contributed by atoms with Crippen LogP contribution in [0.3, 0.4) is 0 Å². The normalized spacial score (nSPS) is 24.8. The highest BCUT2D eigenvalue weighted by Crippen LogP contribution is 2.30. The molecule has 0 radical (unpaired) electrons. The Bertz CT molecular complexity index is 521. The van der Waals surface area contributed by atoms with E-state index in [0.29, 0.717) is 12.8 Å². The van der Waals surface area contributed by atoms with Crippen molar-refractivity contribution in [3.05, 3.63) is 21.9 Å². The molecule has 7 heteroatoms. The van der Waals surface area contributed by atoms with Crippen molar-refractivity contribution in [2.24, 2.45) is 11.8 Å². The number of halogens is 3. The molecule has 0 aromatic carbocycles. The summed E-state index contributed by atoms with van der Waals surface area (Å²) in [6, 6.07) is 0.198. The standard InChI is InChI=1S/C17H22Cl3NO3/c18-14(19)15(20)24-17(23)13-10-6-5-9-12(13)16(22)21-11-7-3-1-2-4-8-11/h5-6,11-13H,1-4,7-10H2,(H,21,22)/t12-,13-/m0/s1. The molecule has 134 valence electrons. The first-order valence-electron chi connectivity index (χ1n) is 8.37. The van der Waals surface area contributed by atoms with Gasteiger partial charge in [-0.3, -0.25) is 9.59 Å². The molecule has 0 aliphatic heterocycles. The van der Waals surface area contributed by atoms with Crippen LogP contribution in [0.5, 0.6) is 0 Å². The van der Waals surface area contributed by atoms with Crippen LogP contribution >= 0.6 is 34.8 Å². The molecule has 4 nitrogen and oxygen atoms in total. The van der Waals surface area contributed by atoms with Crippen LogP contribution in [0.4, 0.5) is 0 Å². The van der Waals surface area contributed by atoms with Gasteiger partial charge in [-0.05, 0) is 37.3 Å². The lowest BCUT2D eigenvalue weighted by molar-refractivity contribution is -0.148. The average Bonchev–Trinajstić information content (AvgIpc) is 2.83. The van der Waals surface area contributed by atoms with Crippen LogP contribution in [0.1, 0.15) is 51.4 Å². The van der Waals surface area contributed by atoms with Crippen LogP contribution in [0.15, 0.2) is 21.9 Å². The maximum atomic E-state index is 12.7. The molecular formula is C17H22Cl3NO3. The Hall–Kier alpha value is -0.710. The number of carbonyl (C=O) groups excluding carboxylic acids is 2. The molecule has 0 aromatic heterocycles. The van der Waals surface area contributed by atoms with Crippen LogP contribution in [-0.2, 0) is 14.3 Å². The van der Waals surface area contributed by atoms with Crippen molar-refractivity contribution in [3.63, 3.8) is 0 Å². The van der Waals surface area contributed by atoms with Crippen molar-refractivity contribution in [2.45, 2.75) is 57.4 Å². The number of ether oxygens (including phenoxy) is 1. The summed E-state index contributed by atoms with van der Waals surface area (Å²) in [5.41, 5.74) is 0. The largest absolute Gasteiger partial charge is 0.411 e. The Labute approximate surface area is 157 Å². The molecule has 1 N–H and O–H groups in total. The van der Waals surface area contributed by atoms with Crippen molar-refractivity contribution in [1.29, 1.82) is 0 Å². The molecule has 1 amide bonds. The average molecular weight is 395 g/mol. The number of carbonyl (C=O) groups is 2. The number of nitrogens with one attached hydrogen (secondary N) is 1. The third-order valence-electron chi connectivity index (χ3n) is 4.61. The van der Waals surface area contributed by atoms with Gasteiger partial charge < -0.3 is 10.1 Å². The topological polar surface area (TPSA) is 55.4 Å². The first-order chi connectivity index (χ1) is 11.5. The summed E-state index contributed by atoms with van der Waals surface area (Å²) in [5.74, 6) is -1.71. The zero-order chi connectivity index (χ0) is 17.5. The van der Waals surface area contributed by atoms with Crippen molar-refractivity contribution >= 4 is 46.7 Å². The summed E-state index contributed by atoms with van der Waals surface area (Å²) in [6.07, 6.45) is 11.5. The van der Waals surface area contributed by atoms with Gasteiger partial charge >= 0.3 is 5.97 Å². The molecule has 0 heterocycles. The highest BCUT2D eigenvalue weighted by Gasteiger charge is 2.36. The van der Waals surface area contributed by atoms with E-state index in [1.54, 1.807) is 0 Å². The van der Waals surface area contributed by atoms with Crippen LogP contribution in [0, 0.1) is 11.8 Å². The van der Waals surface area contributed by atoms with E-state index in [1.165, 1.54) is 12.8 Å². The molecule has 1 saturated carbocycles. The van der Waals surface area contributed by atoms with Gasteiger partial charge in [0.1, 0.15) is 0 Å². The summed E-state index contributed by atoms with van der Waals surface area (Å²) in [7, 11) is 0. The van der Waals surface area contributed by atoms with E-state index in [9.17, 15) is 9.59 Å². The molecule has 0 aromatic rings. The van der Waals surface area contributed by atoms with E-state index in [1.807, 2.05) is 12.2 Å². The lowest BCUT2D eigenvalue weighted by Crippen LogP contribution is -2.43. The first-order valence-corrected chi connectivity index (χ1v) is 9.50. The fourth-order valence-electron chi connectivity index (χ4n) is 3.30. The Morgan fingerprint density at radius 3 is 2.08 bits per heavy atom. The number of allylic oxidation sites excluding steroid dienone is 2. The zero-order valence-corrected chi connectivity index (χ0v) is 15.7. The molecular weight excluding hydrogens is 373 g/mol. The fourth-order valence-corrected chi connectivity index (χ4v) is 3.45. The van der Waals surface area contributed by atoms with Crippen LogP contribution in [0.2, 0.25) is 0 Å². The second-order valence-corrected chi connectivity index (χ2v) is 7.60. The molecule has 0 spiro atoms. The van der Waals surface area contributed by atoms with Gasteiger partial charge in [0, 0.05) is 6.04 Å². The third-order valence-corrected chi connectivity index (χ3v) is 5.42. The molecule has 0 saturated heterocycles. The summed E-state index contributed by atoms with van der Waals surface area (Å²) >= 11 is 16.7. The van der Waals surface area contributed by atoms with Gasteiger partial charge in [0.05, 0.1) is 11.8 Å². The van der Waals surface area contributed by atoms with Gasteiger partial charge in [-0.2, -0.15) is 0 Å². The van der Waals surface area contributed by atoms with Crippen molar-refractivity contribution < 1.29 is 14.3 Å². The highest BCUT2D eigenvalue weighted by atomic mass is 35.5. The van der Waals surface area contributed by atoms with Crippen molar-refractivity contribution in [3.8, 4) is 0 Å². The van der Waals surface area contributed by atoms with Gasteiger partial charge in [0.2, 0.25) is 11.1 Å². The van der Waals surface area contributed by atoms with E-state index < -0.39 is 17.8 Å². The van der Waals surface area contributed by atoms with Crippen LogP contribution < -0.4 is 5.32 Å². The van der Waals surface area contributed by atoms with E-state index in [2.05, 4.69) is 5.32 Å². The van der Waals surface area contributed by atoms with Crippen LogP contribution in [0.25, 0.3) is 0 Å². The second-order valence-electron chi connectivity index (χ2n) is 6.31. The minimum Gasteiger partial charge on any atom is -0.411 e. The van der Waals surface area contributed by atoms with Gasteiger partial charge in [0.15, 0.2) is 4.49 Å². The molecule has 2 rings (SSSR count). The Morgan fingerprint density at radius 2 is 1.50 bits per heavy atom. The SMILES string of the molecule is O=C(NC1CCCCCC1)[C@H]1CC=CC[C@@H]1C(=O)OC(Cl)=C(Cl)Cl. The summed E-state index contributed by atoms with van der Waals surface area (Å²) in [5, 5.41) is 2.75. The predicted octanol–water partition coefficient (Wildman–Crippen LogP) is 4.79. The lowest BCUT2D eigenvalue weighted by atomic mass is 9.82. The summed E-state index contributed by atoms with van der Waals surface area (Å²) in [6.45, 7) is 0. The monoisotopic (exact) mass is 393 g/mol. The number of rotatable bonds is 4. The van der Waals surface area contributed by atoms with E-state index in [4.69, 9.17) is 39.5 Å². The van der Waals surface area contributed by atoms with E-state index >= 15 is 0 Å². The molecule has 2 aliphatic carbocycles. The number of hydrogen-bond donors (Lipinski definition) is 1. The Balaban J connectivity index is 2.00. The number of hydrogen-bond acceptors (Lipinski definition) is 3. The van der Waals surface area contributed by atoms with Crippen molar-refractivity contribution in [2.75, 3.05) is 0 Å². The molecule has 24 heavy (non-hydrogen) atoms. The Kier molecular flexibility index (Phi) is 7.92. The van der Waals surface area contributed by atoms with Gasteiger partial charge in [0.25, 0.3) is 0 Å². The molecule has 1 fully saturated rings. The van der Waals surface area contributed by atoms with E-state index in [0.717, 1.165) is 25.7 Å². The molecule has 2 atom stereocenters.